The lowest BCUT2D eigenvalue weighted by Gasteiger charge is -2.29. The van der Waals surface area contributed by atoms with E-state index in [1.54, 1.807) is 6.08 Å². The molecule has 0 aliphatic carbocycles. The van der Waals surface area contributed by atoms with Crippen LogP contribution < -0.4 is 0 Å². The Hall–Kier alpha value is -0.830. The van der Waals surface area contributed by atoms with Gasteiger partial charge >= 0.3 is 5.97 Å². The molecule has 0 atom stereocenters. The zero-order valence-corrected chi connectivity index (χ0v) is 8.78. The molecule has 0 bridgehead atoms. The van der Waals surface area contributed by atoms with Crippen LogP contribution in [0.3, 0.4) is 0 Å². The van der Waals surface area contributed by atoms with Gasteiger partial charge in [0.15, 0.2) is 0 Å². The lowest BCUT2D eigenvalue weighted by molar-refractivity contribution is -0.136. The van der Waals surface area contributed by atoms with Crippen molar-refractivity contribution >= 4 is 5.97 Å². The van der Waals surface area contributed by atoms with Crippen molar-refractivity contribution in [1.82, 2.24) is 4.90 Å². The Kier molecular flexibility index (Phi) is 4.66. The van der Waals surface area contributed by atoms with Gasteiger partial charge in [0.25, 0.3) is 0 Å². The molecule has 1 heterocycles. The van der Waals surface area contributed by atoms with Crippen molar-refractivity contribution in [2.45, 2.75) is 26.2 Å². The molecular weight excluding hydrogens is 178 g/mol. The van der Waals surface area contributed by atoms with Crippen LogP contribution in [0, 0.1) is 5.92 Å². The normalized spacial score (nSPS) is 20.4. The fourth-order valence-electron chi connectivity index (χ4n) is 1.65. The van der Waals surface area contributed by atoms with E-state index in [2.05, 4.69) is 11.8 Å². The van der Waals surface area contributed by atoms with Crippen molar-refractivity contribution in [3.05, 3.63) is 12.2 Å². The Morgan fingerprint density at radius 1 is 1.43 bits per heavy atom. The lowest BCUT2D eigenvalue weighted by Crippen LogP contribution is -2.32. The number of carboxylic acid groups (broad SMARTS) is 1. The lowest BCUT2D eigenvalue weighted by atomic mass is 9.99. The maximum absolute atomic E-state index is 10.2. The Labute approximate surface area is 85.4 Å². The number of carboxylic acids is 1. The fourth-order valence-corrected chi connectivity index (χ4v) is 1.65. The minimum atomic E-state index is -0.756. The Morgan fingerprint density at radius 2 is 2.07 bits per heavy atom. The number of hydrogen-bond donors (Lipinski definition) is 1. The number of aliphatic carboxylic acids is 1. The first kappa shape index (κ1) is 11.2. The van der Waals surface area contributed by atoms with Crippen LogP contribution in [0.5, 0.6) is 0 Å². The average Bonchev–Trinajstić information content (AvgIpc) is 2.15. The average molecular weight is 197 g/mol. The number of carbonyl (C=O) groups is 1. The molecule has 0 radical (unpaired) electrons. The number of rotatable bonds is 4. The molecule has 14 heavy (non-hydrogen) atoms. The first-order chi connectivity index (χ1) is 6.68. The van der Waals surface area contributed by atoms with Gasteiger partial charge in [-0.2, -0.15) is 0 Å². The second-order valence-corrected chi connectivity index (χ2v) is 4.05. The van der Waals surface area contributed by atoms with Crippen molar-refractivity contribution in [1.29, 1.82) is 0 Å². The SMILES string of the molecule is CC1CCN(C/C=C/CC(=O)O)CC1. The summed E-state index contributed by atoms with van der Waals surface area (Å²) in [6.45, 7) is 5.49. The van der Waals surface area contributed by atoms with Crippen LogP contribution in [0.25, 0.3) is 0 Å². The highest BCUT2D eigenvalue weighted by Crippen LogP contribution is 2.15. The number of nitrogens with zero attached hydrogens (tertiary/aromatic N) is 1. The van der Waals surface area contributed by atoms with E-state index in [1.807, 2.05) is 6.08 Å². The van der Waals surface area contributed by atoms with Gasteiger partial charge in [0.2, 0.25) is 0 Å². The quantitative estimate of drug-likeness (QED) is 0.698. The van der Waals surface area contributed by atoms with E-state index in [0.717, 1.165) is 25.6 Å². The van der Waals surface area contributed by atoms with E-state index in [0.29, 0.717) is 0 Å². The van der Waals surface area contributed by atoms with Crippen LogP contribution in [0.15, 0.2) is 12.2 Å². The molecule has 1 saturated heterocycles. The van der Waals surface area contributed by atoms with Crippen LogP contribution in [0.2, 0.25) is 0 Å². The minimum absolute atomic E-state index is 0.143. The minimum Gasteiger partial charge on any atom is -0.481 e. The second-order valence-electron chi connectivity index (χ2n) is 4.05. The van der Waals surface area contributed by atoms with Crippen molar-refractivity contribution in [3.8, 4) is 0 Å². The number of piperidine rings is 1. The highest BCUT2D eigenvalue weighted by atomic mass is 16.4. The molecule has 1 aliphatic heterocycles. The summed E-state index contributed by atoms with van der Waals surface area (Å²) in [6, 6.07) is 0. The fraction of sp³-hybridized carbons (Fsp3) is 0.727. The maximum atomic E-state index is 10.2. The molecule has 3 nitrogen and oxygen atoms in total. The van der Waals surface area contributed by atoms with Crippen LogP contribution in [0.4, 0.5) is 0 Å². The molecule has 3 heteroatoms. The van der Waals surface area contributed by atoms with Gasteiger partial charge in [-0.1, -0.05) is 19.1 Å². The molecule has 1 N–H and O–H groups in total. The summed E-state index contributed by atoms with van der Waals surface area (Å²) < 4.78 is 0. The molecule has 80 valence electrons. The van der Waals surface area contributed by atoms with E-state index in [9.17, 15) is 4.79 Å². The Bertz CT molecular complexity index is 205. The van der Waals surface area contributed by atoms with Crippen LogP contribution in [-0.2, 0) is 4.79 Å². The topological polar surface area (TPSA) is 40.5 Å². The van der Waals surface area contributed by atoms with Gasteiger partial charge in [-0.05, 0) is 31.8 Å². The van der Waals surface area contributed by atoms with Gasteiger partial charge in [0.05, 0.1) is 6.42 Å². The molecule has 1 fully saturated rings. The predicted octanol–water partition coefficient (Wildman–Crippen LogP) is 1.75. The molecule has 0 unspecified atom stereocenters. The predicted molar refractivity (Wildman–Crippen MR) is 56.2 cm³/mol. The monoisotopic (exact) mass is 197 g/mol. The number of likely N-dealkylation sites (tertiary alicyclic amines) is 1. The highest BCUT2D eigenvalue weighted by molar-refractivity contribution is 5.68. The number of hydrogen-bond acceptors (Lipinski definition) is 2. The Balaban J connectivity index is 2.12. The van der Waals surface area contributed by atoms with Crippen LogP contribution >= 0.6 is 0 Å². The summed E-state index contributed by atoms with van der Waals surface area (Å²) in [5.41, 5.74) is 0. The Morgan fingerprint density at radius 3 is 2.64 bits per heavy atom. The van der Waals surface area contributed by atoms with Gasteiger partial charge in [0, 0.05) is 6.54 Å². The zero-order valence-electron chi connectivity index (χ0n) is 8.78. The van der Waals surface area contributed by atoms with Gasteiger partial charge in [-0.3, -0.25) is 9.69 Å². The molecule has 0 amide bonds. The van der Waals surface area contributed by atoms with Gasteiger partial charge < -0.3 is 5.11 Å². The summed E-state index contributed by atoms with van der Waals surface area (Å²) in [5, 5.41) is 8.42. The third-order valence-electron chi connectivity index (χ3n) is 2.70. The van der Waals surface area contributed by atoms with E-state index in [1.165, 1.54) is 12.8 Å². The second kappa shape index (κ2) is 5.81. The van der Waals surface area contributed by atoms with Gasteiger partial charge in [-0.25, -0.2) is 0 Å². The van der Waals surface area contributed by atoms with Crippen LogP contribution in [-0.4, -0.2) is 35.6 Å². The molecule has 0 spiro atoms. The van der Waals surface area contributed by atoms with E-state index in [4.69, 9.17) is 5.11 Å². The first-order valence-electron chi connectivity index (χ1n) is 5.27. The van der Waals surface area contributed by atoms with E-state index < -0.39 is 5.97 Å². The molecular formula is C11H19NO2. The molecule has 0 aromatic carbocycles. The van der Waals surface area contributed by atoms with Crippen molar-refractivity contribution < 1.29 is 9.90 Å². The summed E-state index contributed by atoms with van der Waals surface area (Å²) in [7, 11) is 0. The van der Waals surface area contributed by atoms with E-state index >= 15 is 0 Å². The largest absolute Gasteiger partial charge is 0.481 e. The third kappa shape index (κ3) is 4.42. The zero-order chi connectivity index (χ0) is 10.4. The standard InChI is InChI=1S/C11H19NO2/c1-10-5-8-12(9-6-10)7-3-2-4-11(13)14/h2-3,10H,4-9H2,1H3,(H,13,14)/b3-2+. The maximum Gasteiger partial charge on any atom is 0.307 e. The van der Waals surface area contributed by atoms with Crippen molar-refractivity contribution in [3.63, 3.8) is 0 Å². The van der Waals surface area contributed by atoms with Crippen molar-refractivity contribution in [2.24, 2.45) is 5.92 Å². The van der Waals surface area contributed by atoms with Crippen LogP contribution in [0.1, 0.15) is 26.2 Å². The highest BCUT2D eigenvalue weighted by Gasteiger charge is 2.13. The van der Waals surface area contributed by atoms with E-state index in [-0.39, 0.29) is 6.42 Å². The molecule has 0 aromatic heterocycles. The summed E-state index contributed by atoms with van der Waals surface area (Å²) >= 11 is 0. The molecule has 0 aromatic rings. The van der Waals surface area contributed by atoms with Gasteiger partial charge in [0.1, 0.15) is 0 Å². The summed E-state index contributed by atoms with van der Waals surface area (Å²) in [4.78, 5) is 12.6. The first-order valence-corrected chi connectivity index (χ1v) is 5.27. The van der Waals surface area contributed by atoms with Gasteiger partial charge in [-0.15, -0.1) is 0 Å². The third-order valence-corrected chi connectivity index (χ3v) is 2.70. The van der Waals surface area contributed by atoms with Crippen molar-refractivity contribution in [2.75, 3.05) is 19.6 Å². The molecule has 1 rings (SSSR count). The smallest absolute Gasteiger partial charge is 0.307 e. The summed E-state index contributed by atoms with van der Waals surface area (Å²) in [5.74, 6) is 0.0998. The molecule has 1 aliphatic rings. The summed E-state index contributed by atoms with van der Waals surface area (Å²) in [6.07, 6.45) is 6.38. The molecule has 0 saturated carbocycles.